The summed E-state index contributed by atoms with van der Waals surface area (Å²) in [6.07, 6.45) is 6.30. The summed E-state index contributed by atoms with van der Waals surface area (Å²) in [7, 11) is -3.31. The van der Waals surface area contributed by atoms with Crippen LogP contribution >= 0.6 is 0 Å². The number of carbonyl (C=O) groups is 1. The van der Waals surface area contributed by atoms with E-state index in [-0.39, 0.29) is 23.8 Å². The molecule has 1 aromatic rings. The van der Waals surface area contributed by atoms with Crippen molar-refractivity contribution >= 4 is 21.6 Å². The average Bonchev–Trinajstić information content (AvgIpc) is 2.97. The zero-order valence-electron chi connectivity index (χ0n) is 15.5. The Morgan fingerprint density at radius 1 is 1.27 bits per heavy atom. The normalized spacial score (nSPS) is 23.1. The maximum atomic E-state index is 13.1. The minimum absolute atomic E-state index is 0.106. The zero-order chi connectivity index (χ0) is 18.8. The number of benzene rings is 1. The molecule has 3 rings (SSSR count). The van der Waals surface area contributed by atoms with Crippen LogP contribution < -0.4 is 10.1 Å². The van der Waals surface area contributed by atoms with Crippen molar-refractivity contribution in [2.75, 3.05) is 31.3 Å². The van der Waals surface area contributed by atoms with Crippen molar-refractivity contribution in [2.45, 2.75) is 39.0 Å². The molecule has 6 nitrogen and oxygen atoms in total. The lowest BCUT2D eigenvalue weighted by Gasteiger charge is -2.37. The summed E-state index contributed by atoms with van der Waals surface area (Å²) in [5.41, 5.74) is 0.398. The Labute approximate surface area is 156 Å². The molecule has 1 atom stereocenters. The summed E-state index contributed by atoms with van der Waals surface area (Å²) in [6, 6.07) is 7.36. The van der Waals surface area contributed by atoms with Crippen LogP contribution in [0.4, 0.5) is 5.69 Å². The molecular weight excluding hydrogens is 352 g/mol. The lowest BCUT2D eigenvalue weighted by molar-refractivity contribution is -0.123. The lowest BCUT2D eigenvalue weighted by atomic mass is 9.67. The quantitative estimate of drug-likeness (QED) is 0.852. The van der Waals surface area contributed by atoms with Crippen molar-refractivity contribution in [3.63, 3.8) is 0 Å². The van der Waals surface area contributed by atoms with Gasteiger partial charge in [-0.2, -0.15) is 0 Å². The van der Waals surface area contributed by atoms with Crippen LogP contribution in [0.5, 0.6) is 5.75 Å². The van der Waals surface area contributed by atoms with E-state index < -0.39 is 10.0 Å². The number of nitrogens with zero attached hydrogens (tertiary/aromatic N) is 1. The van der Waals surface area contributed by atoms with Crippen molar-refractivity contribution in [1.82, 2.24) is 4.31 Å². The molecule has 1 aromatic carbocycles. The molecule has 26 heavy (non-hydrogen) atoms. The number of ether oxygens (including phenoxy) is 1. The van der Waals surface area contributed by atoms with E-state index in [1.807, 2.05) is 31.2 Å². The summed E-state index contributed by atoms with van der Waals surface area (Å²) < 4.78 is 31.3. The van der Waals surface area contributed by atoms with Crippen LogP contribution in [0.15, 0.2) is 24.3 Å². The van der Waals surface area contributed by atoms with Gasteiger partial charge in [0.2, 0.25) is 15.9 Å². The second-order valence-electron chi connectivity index (χ2n) is 7.45. The highest BCUT2D eigenvalue weighted by Crippen LogP contribution is 2.48. The average molecular weight is 381 g/mol. The Morgan fingerprint density at radius 2 is 1.96 bits per heavy atom. The minimum Gasteiger partial charge on any atom is -0.492 e. The molecule has 1 heterocycles. The van der Waals surface area contributed by atoms with E-state index in [9.17, 15) is 13.2 Å². The molecule has 0 bridgehead atoms. The Kier molecular flexibility index (Phi) is 5.58. The van der Waals surface area contributed by atoms with Gasteiger partial charge in [0.1, 0.15) is 5.75 Å². The van der Waals surface area contributed by atoms with E-state index in [1.54, 1.807) is 0 Å². The standard InChI is InChI=1S/C19H28N2O4S/c1-3-25-17-10-6-5-9-16(17)20-18(22)15-13-21(26(2,23)24)14-19(15)11-7-4-8-12-19/h5-6,9-10,15H,3-4,7-8,11-14H2,1-2H3,(H,20,22). The molecule has 1 saturated heterocycles. The molecule has 0 aromatic heterocycles. The molecule has 2 fully saturated rings. The lowest BCUT2D eigenvalue weighted by Crippen LogP contribution is -2.39. The Hall–Kier alpha value is -1.60. The highest BCUT2D eigenvalue weighted by Gasteiger charge is 2.52. The van der Waals surface area contributed by atoms with Gasteiger partial charge in [0.25, 0.3) is 0 Å². The fourth-order valence-electron chi connectivity index (χ4n) is 4.37. The van der Waals surface area contributed by atoms with Crippen LogP contribution in [0, 0.1) is 11.3 Å². The third-order valence-corrected chi connectivity index (χ3v) is 6.91. The third kappa shape index (κ3) is 3.88. The summed E-state index contributed by atoms with van der Waals surface area (Å²) >= 11 is 0. The summed E-state index contributed by atoms with van der Waals surface area (Å²) in [5, 5.41) is 3.00. The molecule has 2 aliphatic rings. The van der Waals surface area contributed by atoms with Gasteiger partial charge >= 0.3 is 0 Å². The molecular formula is C19H28N2O4S. The highest BCUT2D eigenvalue weighted by atomic mass is 32.2. The summed E-state index contributed by atoms with van der Waals surface area (Å²) in [6.45, 7) is 3.14. The number of sulfonamides is 1. The van der Waals surface area contributed by atoms with Crippen LogP contribution in [0.3, 0.4) is 0 Å². The molecule has 144 valence electrons. The number of rotatable bonds is 5. The van der Waals surface area contributed by atoms with Gasteiger partial charge in [-0.1, -0.05) is 31.4 Å². The Balaban J connectivity index is 1.84. The van der Waals surface area contributed by atoms with E-state index in [4.69, 9.17) is 4.74 Å². The fraction of sp³-hybridized carbons (Fsp3) is 0.632. The zero-order valence-corrected chi connectivity index (χ0v) is 16.3. The first-order valence-corrected chi connectivity index (χ1v) is 11.2. The van der Waals surface area contributed by atoms with Crippen molar-refractivity contribution in [3.8, 4) is 5.75 Å². The van der Waals surface area contributed by atoms with E-state index in [2.05, 4.69) is 5.32 Å². The molecule has 1 spiro atoms. The van der Waals surface area contributed by atoms with E-state index in [1.165, 1.54) is 10.6 Å². The van der Waals surface area contributed by atoms with Gasteiger partial charge in [-0.25, -0.2) is 12.7 Å². The van der Waals surface area contributed by atoms with Crippen LogP contribution in [-0.2, 0) is 14.8 Å². The smallest absolute Gasteiger partial charge is 0.229 e. The third-order valence-electron chi connectivity index (χ3n) is 5.70. The van der Waals surface area contributed by atoms with Gasteiger partial charge in [-0.05, 0) is 37.3 Å². The largest absolute Gasteiger partial charge is 0.492 e. The molecule has 7 heteroatoms. The second-order valence-corrected chi connectivity index (χ2v) is 9.43. The Bertz CT molecular complexity index is 757. The first-order valence-electron chi connectivity index (χ1n) is 9.33. The van der Waals surface area contributed by atoms with Gasteiger partial charge in [0, 0.05) is 13.1 Å². The van der Waals surface area contributed by atoms with E-state index in [0.29, 0.717) is 24.6 Å². The highest BCUT2D eigenvalue weighted by molar-refractivity contribution is 7.88. The van der Waals surface area contributed by atoms with Crippen molar-refractivity contribution < 1.29 is 17.9 Å². The van der Waals surface area contributed by atoms with Gasteiger partial charge in [0.15, 0.2) is 0 Å². The number of hydrogen-bond donors (Lipinski definition) is 1. The SMILES string of the molecule is CCOc1ccccc1NC(=O)C1CN(S(C)(=O)=O)CC12CCCCC2. The van der Waals surface area contributed by atoms with Gasteiger partial charge in [-0.3, -0.25) is 4.79 Å². The molecule has 1 amide bonds. The maximum absolute atomic E-state index is 13.1. The molecule has 1 aliphatic carbocycles. The number of amides is 1. The molecule has 1 aliphatic heterocycles. The monoisotopic (exact) mass is 380 g/mol. The van der Waals surface area contributed by atoms with Crippen molar-refractivity contribution in [1.29, 1.82) is 0 Å². The van der Waals surface area contributed by atoms with Gasteiger partial charge in [-0.15, -0.1) is 0 Å². The number of para-hydroxylation sites is 2. The van der Waals surface area contributed by atoms with E-state index in [0.717, 1.165) is 32.1 Å². The second kappa shape index (κ2) is 7.56. The van der Waals surface area contributed by atoms with Crippen molar-refractivity contribution in [3.05, 3.63) is 24.3 Å². The molecule has 0 radical (unpaired) electrons. The van der Waals surface area contributed by atoms with Crippen LogP contribution in [0.25, 0.3) is 0 Å². The maximum Gasteiger partial charge on any atom is 0.229 e. The topological polar surface area (TPSA) is 75.7 Å². The van der Waals surface area contributed by atoms with Crippen LogP contribution in [0.2, 0.25) is 0 Å². The Morgan fingerprint density at radius 3 is 2.62 bits per heavy atom. The van der Waals surface area contributed by atoms with Crippen LogP contribution in [0.1, 0.15) is 39.0 Å². The molecule has 1 saturated carbocycles. The number of hydrogen-bond acceptors (Lipinski definition) is 4. The first-order chi connectivity index (χ1) is 12.4. The van der Waals surface area contributed by atoms with Gasteiger partial charge in [0.05, 0.1) is 24.5 Å². The predicted molar refractivity (Wildman–Crippen MR) is 102 cm³/mol. The minimum atomic E-state index is -3.31. The summed E-state index contributed by atoms with van der Waals surface area (Å²) in [4.78, 5) is 13.1. The fourth-order valence-corrected chi connectivity index (χ4v) is 5.28. The van der Waals surface area contributed by atoms with Crippen LogP contribution in [-0.4, -0.2) is 44.6 Å². The first kappa shape index (κ1) is 19.2. The summed E-state index contributed by atoms with van der Waals surface area (Å²) in [5.74, 6) is 0.205. The van der Waals surface area contributed by atoms with Gasteiger partial charge < -0.3 is 10.1 Å². The van der Waals surface area contributed by atoms with Crippen molar-refractivity contribution in [2.24, 2.45) is 11.3 Å². The van der Waals surface area contributed by atoms with E-state index >= 15 is 0 Å². The molecule has 1 unspecified atom stereocenters. The number of carbonyl (C=O) groups excluding carboxylic acids is 1. The number of anilines is 1. The number of nitrogens with one attached hydrogen (secondary N) is 1. The molecule has 1 N–H and O–H groups in total. The predicted octanol–water partition coefficient (Wildman–Crippen LogP) is 2.87.